The Bertz CT molecular complexity index is 614. The lowest BCUT2D eigenvalue weighted by Gasteiger charge is -2.16. The molecule has 0 amide bonds. The van der Waals surface area contributed by atoms with Crippen molar-refractivity contribution in [1.82, 2.24) is 5.43 Å². The molecule has 2 aliphatic carbocycles. The fourth-order valence-electron chi connectivity index (χ4n) is 4.12. The molecule has 0 heterocycles. The minimum absolute atomic E-state index is 0.230. The Labute approximate surface area is 127 Å². The minimum Gasteiger partial charge on any atom is -0.271 e. The van der Waals surface area contributed by atoms with E-state index in [9.17, 15) is 8.42 Å². The van der Waals surface area contributed by atoms with E-state index >= 15 is 0 Å². The number of rotatable bonds is 6. The van der Waals surface area contributed by atoms with Gasteiger partial charge in [0.25, 0.3) is 0 Å². The van der Waals surface area contributed by atoms with Crippen LogP contribution in [0.5, 0.6) is 0 Å². The summed E-state index contributed by atoms with van der Waals surface area (Å²) in [5.41, 5.74) is 5.91. The van der Waals surface area contributed by atoms with Crippen molar-refractivity contribution in [3.8, 4) is 0 Å². The van der Waals surface area contributed by atoms with E-state index in [2.05, 4.69) is 29.7 Å². The lowest BCUT2D eigenvalue weighted by Crippen LogP contribution is -2.37. The van der Waals surface area contributed by atoms with Crippen LogP contribution in [0.3, 0.4) is 0 Å². The molecule has 5 heteroatoms. The molecule has 1 fully saturated rings. The Balaban J connectivity index is 1.65. The number of benzene rings is 1. The van der Waals surface area contributed by atoms with E-state index in [0.29, 0.717) is 18.3 Å². The molecule has 1 aromatic rings. The number of aryl methyl sites for hydroxylation is 1. The van der Waals surface area contributed by atoms with Crippen molar-refractivity contribution in [3.05, 3.63) is 35.4 Å². The van der Waals surface area contributed by atoms with Crippen molar-refractivity contribution in [2.75, 3.05) is 12.0 Å². The first-order chi connectivity index (χ1) is 10.0. The molecule has 116 valence electrons. The Morgan fingerprint density at radius 1 is 1.38 bits per heavy atom. The molecule has 0 bridgehead atoms. The van der Waals surface area contributed by atoms with Gasteiger partial charge < -0.3 is 0 Å². The molecule has 1 aromatic carbocycles. The fraction of sp³-hybridized carbons (Fsp3) is 0.625. The standard InChI is InChI=1S/C16H24N2O2S/c1-21(19,20)10-4-7-14(18-17)16-13-9-8-11-5-2-3-6-12(11)15(13)16/h2-3,5-6,13-16,18H,4,7-10,17H2,1H3. The van der Waals surface area contributed by atoms with Gasteiger partial charge >= 0.3 is 0 Å². The lowest BCUT2D eigenvalue weighted by molar-refractivity contribution is 0.415. The second kappa shape index (κ2) is 5.71. The van der Waals surface area contributed by atoms with Gasteiger partial charge in [0.2, 0.25) is 0 Å². The third-order valence-corrected chi connectivity index (χ3v) is 6.13. The van der Waals surface area contributed by atoms with Crippen molar-refractivity contribution in [2.24, 2.45) is 17.7 Å². The number of nitrogens with one attached hydrogen (secondary N) is 1. The van der Waals surface area contributed by atoms with E-state index in [4.69, 9.17) is 5.84 Å². The first kappa shape index (κ1) is 15.0. The molecule has 0 radical (unpaired) electrons. The largest absolute Gasteiger partial charge is 0.271 e. The van der Waals surface area contributed by atoms with Gasteiger partial charge in [-0.05, 0) is 54.6 Å². The van der Waals surface area contributed by atoms with Crippen LogP contribution >= 0.6 is 0 Å². The van der Waals surface area contributed by atoms with E-state index in [0.717, 1.165) is 18.8 Å². The van der Waals surface area contributed by atoms with Gasteiger partial charge in [-0.25, -0.2) is 8.42 Å². The lowest BCUT2D eigenvalue weighted by atomic mass is 9.92. The van der Waals surface area contributed by atoms with Crippen LogP contribution in [0.1, 0.15) is 36.3 Å². The van der Waals surface area contributed by atoms with Crippen LogP contribution in [0.2, 0.25) is 0 Å². The highest BCUT2D eigenvalue weighted by atomic mass is 32.2. The van der Waals surface area contributed by atoms with Gasteiger partial charge in [-0.15, -0.1) is 0 Å². The third kappa shape index (κ3) is 3.15. The predicted molar refractivity (Wildman–Crippen MR) is 84.5 cm³/mol. The highest BCUT2D eigenvalue weighted by Gasteiger charge is 2.55. The number of hydrogen-bond donors (Lipinski definition) is 2. The maximum atomic E-state index is 11.2. The molecule has 3 N–H and O–H groups in total. The number of sulfone groups is 1. The molecule has 21 heavy (non-hydrogen) atoms. The van der Waals surface area contributed by atoms with Gasteiger partial charge in [-0.3, -0.25) is 11.3 Å². The molecule has 0 aromatic heterocycles. The normalized spacial score (nSPS) is 28.6. The average Bonchev–Trinajstić information content (AvgIpc) is 3.17. The van der Waals surface area contributed by atoms with Crippen LogP contribution in [0.25, 0.3) is 0 Å². The van der Waals surface area contributed by atoms with Crippen LogP contribution in [0.4, 0.5) is 0 Å². The maximum absolute atomic E-state index is 11.2. The monoisotopic (exact) mass is 308 g/mol. The SMILES string of the molecule is CS(=O)(=O)CCCC(NN)C1C2CCc3ccccc3C21. The maximum Gasteiger partial charge on any atom is 0.147 e. The smallest absolute Gasteiger partial charge is 0.147 e. The minimum atomic E-state index is -2.88. The van der Waals surface area contributed by atoms with E-state index in [1.165, 1.54) is 23.8 Å². The Morgan fingerprint density at radius 3 is 2.86 bits per heavy atom. The van der Waals surface area contributed by atoms with Crippen molar-refractivity contribution in [2.45, 2.75) is 37.6 Å². The third-order valence-electron chi connectivity index (χ3n) is 5.10. The summed E-state index contributed by atoms with van der Waals surface area (Å²) in [6.45, 7) is 0. The number of hydrazine groups is 1. The van der Waals surface area contributed by atoms with Gasteiger partial charge in [0, 0.05) is 18.1 Å². The number of nitrogens with two attached hydrogens (primary N) is 1. The van der Waals surface area contributed by atoms with E-state index in [1.54, 1.807) is 0 Å². The number of hydrogen-bond acceptors (Lipinski definition) is 4. The highest BCUT2D eigenvalue weighted by molar-refractivity contribution is 7.90. The quantitative estimate of drug-likeness (QED) is 0.619. The molecule has 3 rings (SSSR count). The number of fused-ring (bicyclic) bond motifs is 3. The van der Waals surface area contributed by atoms with E-state index < -0.39 is 9.84 Å². The molecule has 0 aliphatic heterocycles. The second-order valence-electron chi connectivity index (χ2n) is 6.55. The molecular weight excluding hydrogens is 284 g/mol. The van der Waals surface area contributed by atoms with Crippen molar-refractivity contribution in [1.29, 1.82) is 0 Å². The summed E-state index contributed by atoms with van der Waals surface area (Å²) in [7, 11) is -2.88. The first-order valence-corrected chi connectivity index (χ1v) is 9.79. The molecule has 0 saturated heterocycles. The van der Waals surface area contributed by atoms with Crippen LogP contribution in [-0.4, -0.2) is 26.5 Å². The zero-order valence-electron chi connectivity index (χ0n) is 12.5. The van der Waals surface area contributed by atoms with Gasteiger partial charge in [0.05, 0.1) is 0 Å². The van der Waals surface area contributed by atoms with Crippen molar-refractivity contribution >= 4 is 9.84 Å². The summed E-state index contributed by atoms with van der Waals surface area (Å²) in [4.78, 5) is 0. The predicted octanol–water partition coefficient (Wildman–Crippen LogP) is 1.62. The van der Waals surface area contributed by atoms with Crippen LogP contribution in [0, 0.1) is 11.8 Å². The molecule has 0 spiro atoms. The summed E-state index contributed by atoms with van der Waals surface area (Å²) in [6.07, 6.45) is 5.21. The molecule has 4 atom stereocenters. The fourth-order valence-corrected chi connectivity index (χ4v) is 4.81. The molecule has 4 unspecified atom stereocenters. The Hall–Kier alpha value is -0.910. The zero-order chi connectivity index (χ0) is 15.0. The van der Waals surface area contributed by atoms with Crippen molar-refractivity contribution in [3.63, 3.8) is 0 Å². The molecular formula is C16H24N2O2S. The summed E-state index contributed by atoms with van der Waals surface area (Å²) >= 11 is 0. The van der Waals surface area contributed by atoms with Crippen molar-refractivity contribution < 1.29 is 8.42 Å². The highest BCUT2D eigenvalue weighted by Crippen LogP contribution is 2.61. The van der Waals surface area contributed by atoms with Gasteiger partial charge in [0.15, 0.2) is 0 Å². The summed E-state index contributed by atoms with van der Waals surface area (Å²) < 4.78 is 22.5. The molecule has 4 nitrogen and oxygen atoms in total. The van der Waals surface area contributed by atoms with E-state index in [1.807, 2.05) is 0 Å². The molecule has 2 aliphatic rings. The zero-order valence-corrected chi connectivity index (χ0v) is 13.3. The van der Waals surface area contributed by atoms with Crippen LogP contribution in [0.15, 0.2) is 24.3 Å². The van der Waals surface area contributed by atoms with Gasteiger partial charge in [-0.1, -0.05) is 24.3 Å². The average molecular weight is 308 g/mol. The first-order valence-electron chi connectivity index (χ1n) is 7.73. The van der Waals surface area contributed by atoms with Gasteiger partial charge in [0.1, 0.15) is 9.84 Å². The van der Waals surface area contributed by atoms with Crippen LogP contribution < -0.4 is 11.3 Å². The summed E-state index contributed by atoms with van der Waals surface area (Å²) in [5.74, 6) is 7.90. The van der Waals surface area contributed by atoms with E-state index in [-0.39, 0.29) is 11.8 Å². The van der Waals surface area contributed by atoms with Gasteiger partial charge in [-0.2, -0.15) is 0 Å². The topological polar surface area (TPSA) is 72.2 Å². The summed E-state index contributed by atoms with van der Waals surface area (Å²) in [6, 6.07) is 8.94. The van der Waals surface area contributed by atoms with Crippen LogP contribution in [-0.2, 0) is 16.3 Å². The second-order valence-corrected chi connectivity index (χ2v) is 8.81. The molecule has 1 saturated carbocycles. The Kier molecular flexibility index (Phi) is 4.08. The summed E-state index contributed by atoms with van der Waals surface area (Å²) in [5, 5.41) is 0. The Morgan fingerprint density at radius 2 is 2.14 bits per heavy atom.